The minimum absolute atomic E-state index is 0.174. The van der Waals surface area contributed by atoms with E-state index >= 15 is 0 Å². The van der Waals surface area contributed by atoms with E-state index in [1.165, 1.54) is 38.2 Å². The molecule has 2 aliphatic rings. The first-order valence-corrected chi connectivity index (χ1v) is 7.70. The summed E-state index contributed by atoms with van der Waals surface area (Å²) >= 11 is 0. The van der Waals surface area contributed by atoms with Crippen molar-refractivity contribution in [3.05, 3.63) is 24.0 Å². The number of hydrogen-bond donors (Lipinski definition) is 2. The molecule has 3 atom stereocenters. The zero-order chi connectivity index (χ0) is 15.7. The second-order valence-electron chi connectivity index (χ2n) is 6.16. The van der Waals surface area contributed by atoms with Crippen LogP contribution in [0, 0.1) is 5.82 Å². The van der Waals surface area contributed by atoms with E-state index in [-0.39, 0.29) is 12.1 Å². The second-order valence-corrected chi connectivity index (χ2v) is 6.16. The number of halogens is 1. The van der Waals surface area contributed by atoms with Crippen LogP contribution in [0.5, 0.6) is 5.75 Å². The van der Waals surface area contributed by atoms with Crippen LogP contribution in [0.15, 0.2) is 18.2 Å². The largest absolute Gasteiger partial charge is 0.495 e. The van der Waals surface area contributed by atoms with Gasteiger partial charge in [-0.05, 0) is 44.9 Å². The van der Waals surface area contributed by atoms with Crippen LogP contribution in [0.25, 0.3) is 0 Å². The molecule has 1 unspecified atom stereocenters. The van der Waals surface area contributed by atoms with Gasteiger partial charge in [-0.2, -0.15) is 0 Å². The minimum Gasteiger partial charge on any atom is -0.495 e. The topological polar surface area (TPSA) is 53.6 Å². The lowest BCUT2D eigenvalue weighted by Crippen LogP contribution is -2.49. The molecule has 0 spiro atoms. The fourth-order valence-corrected chi connectivity index (χ4v) is 3.65. The zero-order valence-electron chi connectivity index (χ0n) is 12.9. The van der Waals surface area contributed by atoms with Crippen molar-refractivity contribution < 1.29 is 13.9 Å². The summed E-state index contributed by atoms with van der Waals surface area (Å²) in [7, 11) is 3.65. The van der Waals surface area contributed by atoms with Crippen LogP contribution in [-0.4, -0.2) is 43.2 Å². The van der Waals surface area contributed by atoms with Crippen LogP contribution in [0.2, 0.25) is 0 Å². The average Bonchev–Trinajstić information content (AvgIpc) is 2.70. The van der Waals surface area contributed by atoms with Gasteiger partial charge in [-0.3, -0.25) is 0 Å². The van der Waals surface area contributed by atoms with Crippen LogP contribution in [0.3, 0.4) is 0 Å². The molecular formula is C16H22FN3O2. The smallest absolute Gasteiger partial charge is 0.319 e. The van der Waals surface area contributed by atoms with Crippen molar-refractivity contribution in [1.82, 2.24) is 10.2 Å². The Bertz CT molecular complexity index is 552. The van der Waals surface area contributed by atoms with Gasteiger partial charge in [0.05, 0.1) is 12.8 Å². The number of carbonyl (C=O) groups excluding carboxylic acids is 1. The molecule has 2 fully saturated rings. The van der Waals surface area contributed by atoms with Crippen molar-refractivity contribution in [2.75, 3.05) is 19.5 Å². The van der Waals surface area contributed by atoms with Crippen molar-refractivity contribution in [1.29, 1.82) is 0 Å². The molecule has 3 rings (SSSR count). The molecule has 2 bridgehead atoms. The highest BCUT2D eigenvalue weighted by molar-refractivity contribution is 5.91. The standard InChI is InChI=1S/C16H22FN3O2/c1-20-12-4-5-13(20)9-11(8-12)18-16(21)19-14-7-10(17)3-6-15(14)22-2/h3,6-7,11-13H,4-5,8-9H2,1-2H3,(H2,18,19,21)/t11?,12-,13+. The van der Waals surface area contributed by atoms with E-state index in [1.54, 1.807) is 0 Å². The fraction of sp³-hybridized carbons (Fsp3) is 0.562. The lowest BCUT2D eigenvalue weighted by molar-refractivity contribution is 0.151. The molecule has 5 nitrogen and oxygen atoms in total. The van der Waals surface area contributed by atoms with E-state index in [4.69, 9.17) is 4.74 Å². The van der Waals surface area contributed by atoms with Gasteiger partial charge in [-0.1, -0.05) is 0 Å². The molecule has 6 heteroatoms. The van der Waals surface area contributed by atoms with Gasteiger partial charge in [0.15, 0.2) is 0 Å². The van der Waals surface area contributed by atoms with Gasteiger partial charge in [0, 0.05) is 24.2 Å². The van der Waals surface area contributed by atoms with E-state index in [2.05, 4.69) is 22.6 Å². The van der Waals surface area contributed by atoms with Gasteiger partial charge in [-0.25, -0.2) is 9.18 Å². The highest BCUT2D eigenvalue weighted by Crippen LogP contribution is 2.34. The summed E-state index contributed by atoms with van der Waals surface area (Å²) in [5.41, 5.74) is 0.343. The summed E-state index contributed by atoms with van der Waals surface area (Å²) in [5.74, 6) is 0.0356. The summed E-state index contributed by atoms with van der Waals surface area (Å²) in [6.07, 6.45) is 4.36. The molecule has 1 aromatic rings. The normalized spacial score (nSPS) is 27.5. The zero-order valence-corrected chi connectivity index (χ0v) is 12.9. The van der Waals surface area contributed by atoms with Crippen LogP contribution >= 0.6 is 0 Å². The van der Waals surface area contributed by atoms with Crippen LogP contribution in [-0.2, 0) is 0 Å². The summed E-state index contributed by atoms with van der Waals surface area (Å²) < 4.78 is 18.4. The second kappa shape index (κ2) is 6.12. The molecule has 0 aliphatic carbocycles. The number of urea groups is 1. The number of nitrogens with zero attached hydrogens (tertiary/aromatic N) is 1. The third-order valence-electron chi connectivity index (χ3n) is 4.84. The average molecular weight is 307 g/mol. The number of hydrogen-bond acceptors (Lipinski definition) is 3. The van der Waals surface area contributed by atoms with Gasteiger partial charge in [0.2, 0.25) is 0 Å². The third-order valence-corrected chi connectivity index (χ3v) is 4.84. The van der Waals surface area contributed by atoms with E-state index in [0.717, 1.165) is 12.8 Å². The van der Waals surface area contributed by atoms with Gasteiger partial charge in [0.1, 0.15) is 11.6 Å². The molecule has 0 radical (unpaired) electrons. The molecule has 0 aromatic heterocycles. The van der Waals surface area contributed by atoms with Gasteiger partial charge in [0.25, 0.3) is 0 Å². The number of fused-ring (bicyclic) bond motifs is 2. The van der Waals surface area contributed by atoms with Crippen molar-refractivity contribution in [3.8, 4) is 5.75 Å². The maximum atomic E-state index is 13.3. The molecule has 2 aliphatic heterocycles. The first-order valence-electron chi connectivity index (χ1n) is 7.70. The monoisotopic (exact) mass is 307 g/mol. The number of methoxy groups -OCH3 is 1. The number of anilines is 1. The number of nitrogens with one attached hydrogen (secondary N) is 2. The van der Waals surface area contributed by atoms with Crippen molar-refractivity contribution in [3.63, 3.8) is 0 Å². The summed E-state index contributed by atoms with van der Waals surface area (Å²) in [5, 5.41) is 5.69. The number of benzene rings is 1. The molecule has 120 valence electrons. The van der Waals surface area contributed by atoms with E-state index < -0.39 is 5.82 Å². The summed E-state index contributed by atoms with van der Waals surface area (Å²) in [6.45, 7) is 0. The number of ether oxygens (including phenoxy) is 1. The Hall–Kier alpha value is -1.82. The fourth-order valence-electron chi connectivity index (χ4n) is 3.65. The van der Waals surface area contributed by atoms with E-state index in [9.17, 15) is 9.18 Å². The molecule has 2 amide bonds. The summed E-state index contributed by atoms with van der Waals surface area (Å²) in [4.78, 5) is 14.6. The highest BCUT2D eigenvalue weighted by atomic mass is 19.1. The molecule has 22 heavy (non-hydrogen) atoms. The van der Waals surface area contributed by atoms with Gasteiger partial charge in [-0.15, -0.1) is 0 Å². The maximum Gasteiger partial charge on any atom is 0.319 e. The molecule has 2 saturated heterocycles. The Balaban J connectivity index is 1.60. The molecular weight excluding hydrogens is 285 g/mol. The quantitative estimate of drug-likeness (QED) is 0.902. The SMILES string of the molecule is COc1ccc(F)cc1NC(=O)NC1C[C@H]2CC[C@@H](C1)N2C. The number of amides is 2. The summed E-state index contributed by atoms with van der Waals surface area (Å²) in [6, 6.07) is 5.06. The first-order chi connectivity index (χ1) is 10.6. The van der Waals surface area contributed by atoms with E-state index in [0.29, 0.717) is 23.5 Å². The third kappa shape index (κ3) is 3.02. The van der Waals surface area contributed by atoms with E-state index in [1.807, 2.05) is 0 Å². The lowest BCUT2D eigenvalue weighted by atomic mass is 9.98. The molecule has 2 heterocycles. The molecule has 2 N–H and O–H groups in total. The number of rotatable bonds is 3. The Morgan fingerprint density at radius 2 is 2.00 bits per heavy atom. The van der Waals surface area contributed by atoms with Gasteiger partial charge < -0.3 is 20.3 Å². The van der Waals surface area contributed by atoms with Crippen LogP contribution < -0.4 is 15.4 Å². The Morgan fingerprint density at radius 3 is 2.64 bits per heavy atom. The van der Waals surface area contributed by atoms with Crippen molar-refractivity contribution >= 4 is 11.7 Å². The maximum absolute atomic E-state index is 13.3. The van der Waals surface area contributed by atoms with Crippen molar-refractivity contribution in [2.24, 2.45) is 0 Å². The number of carbonyl (C=O) groups is 1. The van der Waals surface area contributed by atoms with Crippen LogP contribution in [0.1, 0.15) is 25.7 Å². The molecule has 0 saturated carbocycles. The Morgan fingerprint density at radius 1 is 1.32 bits per heavy atom. The Labute approximate surface area is 129 Å². The first kappa shape index (κ1) is 15.1. The molecule has 1 aromatic carbocycles. The minimum atomic E-state index is -0.409. The Kier molecular flexibility index (Phi) is 4.20. The predicted octanol–water partition coefficient (Wildman–Crippen LogP) is 2.58. The predicted molar refractivity (Wildman–Crippen MR) is 82.7 cm³/mol. The van der Waals surface area contributed by atoms with Crippen molar-refractivity contribution in [2.45, 2.75) is 43.8 Å². The van der Waals surface area contributed by atoms with Gasteiger partial charge >= 0.3 is 6.03 Å². The lowest BCUT2D eigenvalue weighted by Gasteiger charge is -2.36. The highest BCUT2D eigenvalue weighted by Gasteiger charge is 2.38. The van der Waals surface area contributed by atoms with Crippen LogP contribution in [0.4, 0.5) is 14.9 Å². The number of piperidine rings is 1.